The van der Waals surface area contributed by atoms with Gasteiger partial charge in [-0.15, -0.1) is 0 Å². The van der Waals surface area contributed by atoms with E-state index in [0.717, 1.165) is 6.42 Å². The average molecular weight is 493 g/mol. The van der Waals surface area contributed by atoms with E-state index in [1.807, 2.05) is 6.92 Å². The molecule has 0 spiro atoms. The molecule has 0 heterocycles. The summed E-state index contributed by atoms with van der Waals surface area (Å²) in [5.41, 5.74) is 6.19. The number of nitrogens with one attached hydrogen (secondary N) is 4. The zero-order valence-electron chi connectivity index (χ0n) is 16.4. The Labute approximate surface area is 187 Å². The van der Waals surface area contributed by atoms with E-state index in [-0.39, 0.29) is 11.0 Å². The summed E-state index contributed by atoms with van der Waals surface area (Å²) in [7, 11) is 1.53. The summed E-state index contributed by atoms with van der Waals surface area (Å²) < 4.78 is 5.74. The molecule has 0 bridgehead atoms. The molecule has 2 aromatic carbocycles. The topological polar surface area (TPSA) is 109 Å². The quantitative estimate of drug-likeness (QED) is 0.364. The van der Waals surface area contributed by atoms with E-state index in [2.05, 4.69) is 37.4 Å². The Kier molecular flexibility index (Phi) is 8.75. The second kappa shape index (κ2) is 11.3. The third kappa shape index (κ3) is 6.82. The summed E-state index contributed by atoms with van der Waals surface area (Å²) in [6.07, 6.45) is 1.19. The van der Waals surface area contributed by atoms with Crippen molar-refractivity contribution in [3.8, 4) is 5.75 Å². The SMILES string of the molecule is CCCC(=O)Nc1ccc(C(=O)NNC(=S)NC(=O)c2ccc(OC)c(Br)c2)cc1. The Bertz CT molecular complexity index is 950. The predicted octanol–water partition coefficient (Wildman–Crippen LogP) is 3.15. The molecule has 30 heavy (non-hydrogen) atoms. The van der Waals surface area contributed by atoms with Crippen LogP contribution < -0.4 is 26.2 Å². The van der Waals surface area contributed by atoms with Crippen molar-refractivity contribution in [3.63, 3.8) is 0 Å². The van der Waals surface area contributed by atoms with Crippen molar-refractivity contribution < 1.29 is 19.1 Å². The summed E-state index contributed by atoms with van der Waals surface area (Å²) in [5, 5.41) is 5.14. The Balaban J connectivity index is 1.85. The van der Waals surface area contributed by atoms with Crippen molar-refractivity contribution in [2.75, 3.05) is 12.4 Å². The first kappa shape index (κ1) is 23.3. The van der Waals surface area contributed by atoms with Gasteiger partial charge >= 0.3 is 0 Å². The van der Waals surface area contributed by atoms with Gasteiger partial charge in [0.2, 0.25) is 5.91 Å². The lowest BCUT2D eigenvalue weighted by Gasteiger charge is -2.12. The van der Waals surface area contributed by atoms with Crippen molar-refractivity contribution in [2.24, 2.45) is 0 Å². The van der Waals surface area contributed by atoms with Gasteiger partial charge in [-0.2, -0.15) is 0 Å². The van der Waals surface area contributed by atoms with Crippen LogP contribution in [0.1, 0.15) is 40.5 Å². The number of hydrogen-bond acceptors (Lipinski definition) is 5. The molecule has 0 atom stereocenters. The van der Waals surface area contributed by atoms with Crippen LogP contribution in [0, 0.1) is 0 Å². The molecule has 0 fully saturated rings. The molecule has 0 aliphatic heterocycles. The van der Waals surface area contributed by atoms with Crippen LogP contribution in [0.15, 0.2) is 46.9 Å². The molecular weight excluding hydrogens is 472 g/mol. The number of carbonyl (C=O) groups excluding carboxylic acids is 3. The lowest BCUT2D eigenvalue weighted by Crippen LogP contribution is -2.48. The van der Waals surface area contributed by atoms with Crippen molar-refractivity contribution in [2.45, 2.75) is 19.8 Å². The van der Waals surface area contributed by atoms with Gasteiger partial charge in [-0.05, 0) is 77.0 Å². The second-order valence-electron chi connectivity index (χ2n) is 6.09. The molecule has 0 aliphatic carbocycles. The number of rotatable bonds is 6. The maximum Gasteiger partial charge on any atom is 0.269 e. The highest BCUT2D eigenvalue weighted by Crippen LogP contribution is 2.25. The van der Waals surface area contributed by atoms with Gasteiger partial charge < -0.3 is 10.1 Å². The minimum absolute atomic E-state index is 0.0660. The first-order valence-corrected chi connectivity index (χ1v) is 10.2. The van der Waals surface area contributed by atoms with E-state index >= 15 is 0 Å². The van der Waals surface area contributed by atoms with Gasteiger partial charge in [0.25, 0.3) is 11.8 Å². The fourth-order valence-electron chi connectivity index (χ4n) is 2.36. The second-order valence-corrected chi connectivity index (χ2v) is 7.35. The number of anilines is 1. The highest BCUT2D eigenvalue weighted by Gasteiger charge is 2.12. The molecule has 4 N–H and O–H groups in total. The summed E-state index contributed by atoms with van der Waals surface area (Å²) >= 11 is 8.34. The number of hydrogen-bond donors (Lipinski definition) is 4. The average Bonchev–Trinajstić information content (AvgIpc) is 2.72. The van der Waals surface area contributed by atoms with E-state index in [4.69, 9.17) is 17.0 Å². The van der Waals surface area contributed by atoms with Crippen LogP contribution in [0.2, 0.25) is 0 Å². The van der Waals surface area contributed by atoms with E-state index in [1.165, 1.54) is 7.11 Å². The van der Waals surface area contributed by atoms with E-state index in [9.17, 15) is 14.4 Å². The molecule has 3 amide bonds. The van der Waals surface area contributed by atoms with Gasteiger partial charge in [0.15, 0.2) is 5.11 Å². The molecule has 8 nitrogen and oxygen atoms in total. The molecule has 0 radical (unpaired) electrons. The maximum atomic E-state index is 12.2. The lowest BCUT2D eigenvalue weighted by atomic mass is 10.2. The Morgan fingerprint density at radius 2 is 1.67 bits per heavy atom. The number of hydrazine groups is 1. The van der Waals surface area contributed by atoms with Gasteiger partial charge in [0.1, 0.15) is 5.75 Å². The molecule has 0 saturated heterocycles. The summed E-state index contributed by atoms with van der Waals surface area (Å²) in [6.45, 7) is 1.92. The van der Waals surface area contributed by atoms with Crippen molar-refractivity contribution in [3.05, 3.63) is 58.1 Å². The van der Waals surface area contributed by atoms with Crippen LogP contribution >= 0.6 is 28.1 Å². The van der Waals surface area contributed by atoms with Crippen LogP contribution in [0.25, 0.3) is 0 Å². The highest BCUT2D eigenvalue weighted by atomic mass is 79.9. The molecule has 2 rings (SSSR count). The first-order chi connectivity index (χ1) is 14.3. The van der Waals surface area contributed by atoms with E-state index < -0.39 is 11.8 Å². The zero-order chi connectivity index (χ0) is 22.1. The van der Waals surface area contributed by atoms with Gasteiger partial charge in [-0.25, -0.2) is 0 Å². The number of halogens is 1. The largest absolute Gasteiger partial charge is 0.496 e. The Morgan fingerprint density at radius 3 is 2.27 bits per heavy atom. The molecule has 2 aromatic rings. The van der Waals surface area contributed by atoms with E-state index in [0.29, 0.717) is 33.5 Å². The number of carbonyl (C=O) groups is 3. The van der Waals surface area contributed by atoms with Gasteiger partial charge in [-0.3, -0.25) is 30.6 Å². The van der Waals surface area contributed by atoms with Crippen LogP contribution in [0.5, 0.6) is 5.75 Å². The molecule has 158 valence electrons. The van der Waals surface area contributed by atoms with Crippen molar-refractivity contribution in [1.82, 2.24) is 16.2 Å². The fraction of sp³-hybridized carbons (Fsp3) is 0.200. The smallest absolute Gasteiger partial charge is 0.269 e. The molecular formula is C20H21BrN4O4S. The molecule has 10 heteroatoms. The number of benzene rings is 2. The standard InChI is InChI=1S/C20H21BrN4O4S/c1-3-4-17(26)22-14-8-5-12(6-9-14)19(28)24-25-20(30)23-18(27)13-7-10-16(29-2)15(21)11-13/h5-11H,3-4H2,1-2H3,(H,22,26)(H,24,28)(H2,23,25,27,30). The highest BCUT2D eigenvalue weighted by molar-refractivity contribution is 9.10. The lowest BCUT2D eigenvalue weighted by molar-refractivity contribution is -0.116. The van der Waals surface area contributed by atoms with Gasteiger partial charge in [0.05, 0.1) is 11.6 Å². The maximum absolute atomic E-state index is 12.2. The summed E-state index contributed by atoms with van der Waals surface area (Å²) in [4.78, 5) is 36.0. The first-order valence-electron chi connectivity index (χ1n) is 8.99. The van der Waals surface area contributed by atoms with Crippen LogP contribution in [-0.4, -0.2) is 29.9 Å². The minimum Gasteiger partial charge on any atom is -0.496 e. The predicted molar refractivity (Wildman–Crippen MR) is 121 cm³/mol. The number of thiocarbonyl (C=S) groups is 1. The number of methoxy groups -OCH3 is 1. The van der Waals surface area contributed by atoms with Crippen LogP contribution in [0.4, 0.5) is 5.69 Å². The third-order valence-electron chi connectivity index (χ3n) is 3.84. The van der Waals surface area contributed by atoms with E-state index in [1.54, 1.807) is 42.5 Å². The number of amides is 3. The summed E-state index contributed by atoms with van der Waals surface area (Å²) in [6, 6.07) is 11.2. The molecule has 0 saturated carbocycles. The Morgan fingerprint density at radius 1 is 1.00 bits per heavy atom. The van der Waals surface area contributed by atoms with Gasteiger partial charge in [0, 0.05) is 23.2 Å². The Hall–Kier alpha value is -2.98. The molecule has 0 unspecified atom stereocenters. The summed E-state index contributed by atoms with van der Waals surface area (Å²) in [5.74, 6) is -0.390. The van der Waals surface area contributed by atoms with Crippen LogP contribution in [0.3, 0.4) is 0 Å². The van der Waals surface area contributed by atoms with Crippen molar-refractivity contribution in [1.29, 1.82) is 0 Å². The minimum atomic E-state index is -0.453. The monoisotopic (exact) mass is 492 g/mol. The zero-order valence-corrected chi connectivity index (χ0v) is 18.8. The van der Waals surface area contributed by atoms with Crippen molar-refractivity contribution >= 4 is 56.7 Å². The normalized spacial score (nSPS) is 9.97. The number of ether oxygens (including phenoxy) is 1. The third-order valence-corrected chi connectivity index (χ3v) is 4.66. The van der Waals surface area contributed by atoms with Crippen LogP contribution in [-0.2, 0) is 4.79 Å². The molecule has 0 aromatic heterocycles. The van der Waals surface area contributed by atoms with Gasteiger partial charge in [-0.1, -0.05) is 6.92 Å². The molecule has 0 aliphatic rings. The fourth-order valence-corrected chi connectivity index (χ4v) is 3.04.